The van der Waals surface area contributed by atoms with Crippen LogP contribution in [0.15, 0.2) is 30.3 Å². The third kappa shape index (κ3) is 6.64. The Kier molecular flexibility index (Phi) is 9.32. The Labute approximate surface area is 172 Å². The second-order valence-corrected chi connectivity index (χ2v) is 14.3. The first-order chi connectivity index (χ1) is 12.9. The van der Waals surface area contributed by atoms with E-state index in [1.807, 2.05) is 44.2 Å². The summed E-state index contributed by atoms with van der Waals surface area (Å²) in [6, 6.07) is 9.95. The van der Waals surface area contributed by atoms with Crippen molar-refractivity contribution in [2.75, 3.05) is 20.8 Å². The summed E-state index contributed by atoms with van der Waals surface area (Å²) in [5.74, 6) is 0. The molecule has 1 N–H and O–H groups in total. The van der Waals surface area contributed by atoms with Gasteiger partial charge in [0.15, 0.2) is 14.6 Å². The van der Waals surface area contributed by atoms with Gasteiger partial charge in [0.1, 0.15) is 6.10 Å². The highest BCUT2D eigenvalue weighted by molar-refractivity contribution is 6.74. The Morgan fingerprint density at radius 2 is 1.50 bits per heavy atom. The molecule has 162 valence electrons. The maximum absolute atomic E-state index is 11.2. The van der Waals surface area contributed by atoms with Crippen molar-refractivity contribution in [3.8, 4) is 0 Å². The molecule has 1 rings (SSSR count). The fourth-order valence-electron chi connectivity index (χ4n) is 2.84. The number of methoxy groups -OCH3 is 2. The summed E-state index contributed by atoms with van der Waals surface area (Å²) < 4.78 is 23.4. The van der Waals surface area contributed by atoms with E-state index in [2.05, 4.69) is 33.9 Å². The van der Waals surface area contributed by atoms with Crippen LogP contribution in [0.2, 0.25) is 18.1 Å². The smallest absolute Gasteiger partial charge is 0.192 e. The van der Waals surface area contributed by atoms with E-state index < -0.39 is 32.2 Å². The molecule has 0 saturated heterocycles. The van der Waals surface area contributed by atoms with E-state index in [9.17, 15) is 5.11 Å². The summed E-state index contributed by atoms with van der Waals surface area (Å²) in [5.41, 5.74) is 0.377. The number of rotatable bonds is 11. The number of ether oxygens (including phenoxy) is 3. The molecule has 0 bridgehead atoms. The predicted molar refractivity (Wildman–Crippen MR) is 116 cm³/mol. The van der Waals surface area contributed by atoms with Crippen LogP contribution < -0.4 is 0 Å². The van der Waals surface area contributed by atoms with Crippen molar-refractivity contribution in [3.63, 3.8) is 0 Å². The molecule has 5 nitrogen and oxygen atoms in total. The van der Waals surface area contributed by atoms with Crippen molar-refractivity contribution in [1.29, 1.82) is 0 Å². The van der Waals surface area contributed by atoms with E-state index in [1.54, 1.807) is 14.2 Å². The van der Waals surface area contributed by atoms with Crippen molar-refractivity contribution >= 4 is 8.32 Å². The lowest BCUT2D eigenvalue weighted by atomic mass is 9.82. The minimum Gasteiger partial charge on any atom is -0.414 e. The van der Waals surface area contributed by atoms with Gasteiger partial charge in [0.25, 0.3) is 0 Å². The molecule has 28 heavy (non-hydrogen) atoms. The highest BCUT2D eigenvalue weighted by atomic mass is 28.4. The van der Waals surface area contributed by atoms with Crippen molar-refractivity contribution in [2.45, 2.75) is 77.9 Å². The predicted octanol–water partition coefficient (Wildman–Crippen LogP) is 4.60. The number of hydrogen-bond acceptors (Lipinski definition) is 5. The highest BCUT2D eigenvalue weighted by Gasteiger charge is 2.44. The van der Waals surface area contributed by atoms with Crippen LogP contribution in [0.3, 0.4) is 0 Å². The first-order valence-corrected chi connectivity index (χ1v) is 12.8. The van der Waals surface area contributed by atoms with Gasteiger partial charge in [-0.1, -0.05) is 65.0 Å². The lowest BCUT2D eigenvalue weighted by Crippen LogP contribution is -2.52. The SMILES string of the molecule is COC(OC)C(C)(C)C(O)C(CO[Si](C)(C)C(C)(C)C)OCc1ccccc1. The lowest BCUT2D eigenvalue weighted by Gasteiger charge is -2.42. The first-order valence-electron chi connectivity index (χ1n) is 9.90. The van der Waals surface area contributed by atoms with Crippen molar-refractivity contribution < 1.29 is 23.7 Å². The van der Waals surface area contributed by atoms with Crippen LogP contribution >= 0.6 is 0 Å². The molecule has 0 radical (unpaired) electrons. The van der Waals surface area contributed by atoms with Gasteiger partial charge >= 0.3 is 0 Å². The van der Waals surface area contributed by atoms with Gasteiger partial charge in [0.2, 0.25) is 0 Å². The van der Waals surface area contributed by atoms with Crippen LogP contribution in [-0.2, 0) is 25.2 Å². The van der Waals surface area contributed by atoms with E-state index in [0.717, 1.165) is 5.56 Å². The number of hydrogen-bond donors (Lipinski definition) is 1. The van der Waals surface area contributed by atoms with Gasteiger partial charge in [-0.05, 0) is 23.7 Å². The van der Waals surface area contributed by atoms with Gasteiger partial charge < -0.3 is 23.7 Å². The van der Waals surface area contributed by atoms with Crippen molar-refractivity contribution in [2.24, 2.45) is 5.41 Å². The Bertz CT molecular complexity index is 564. The normalized spacial score (nSPS) is 15.7. The topological polar surface area (TPSA) is 57.2 Å². The molecule has 0 aliphatic heterocycles. The average molecular weight is 413 g/mol. The zero-order chi connectivity index (χ0) is 21.6. The summed E-state index contributed by atoms with van der Waals surface area (Å²) in [7, 11) is 1.18. The molecule has 0 amide bonds. The lowest BCUT2D eigenvalue weighted by molar-refractivity contribution is -0.220. The molecule has 2 atom stereocenters. The molecular formula is C22H40O5Si. The number of aliphatic hydroxyl groups is 1. The van der Waals surface area contributed by atoms with E-state index in [0.29, 0.717) is 13.2 Å². The number of benzene rings is 1. The fraction of sp³-hybridized carbons (Fsp3) is 0.727. The summed E-state index contributed by atoms with van der Waals surface area (Å²) >= 11 is 0. The van der Waals surface area contributed by atoms with Gasteiger partial charge in [-0.3, -0.25) is 0 Å². The summed E-state index contributed by atoms with van der Waals surface area (Å²) in [5, 5.41) is 11.3. The fourth-order valence-corrected chi connectivity index (χ4v) is 3.85. The van der Waals surface area contributed by atoms with Gasteiger partial charge in [0, 0.05) is 19.6 Å². The molecule has 0 aliphatic rings. The van der Waals surface area contributed by atoms with Crippen LogP contribution in [0.4, 0.5) is 0 Å². The number of aliphatic hydroxyl groups excluding tert-OH is 1. The van der Waals surface area contributed by atoms with Crippen LogP contribution in [0.5, 0.6) is 0 Å². The molecule has 0 heterocycles. The van der Waals surface area contributed by atoms with Gasteiger partial charge in [0.05, 0.1) is 19.3 Å². The van der Waals surface area contributed by atoms with Crippen molar-refractivity contribution in [1.82, 2.24) is 0 Å². The van der Waals surface area contributed by atoms with Gasteiger partial charge in [-0.25, -0.2) is 0 Å². The summed E-state index contributed by atoms with van der Waals surface area (Å²) in [6.45, 7) is 15.6. The molecule has 1 aromatic rings. The van der Waals surface area contributed by atoms with E-state index in [4.69, 9.17) is 18.6 Å². The summed E-state index contributed by atoms with van der Waals surface area (Å²) in [6.07, 6.45) is -1.89. The Morgan fingerprint density at radius 3 is 1.96 bits per heavy atom. The van der Waals surface area contributed by atoms with E-state index in [1.165, 1.54) is 0 Å². The third-order valence-electron chi connectivity index (χ3n) is 5.87. The zero-order valence-electron chi connectivity index (χ0n) is 19.1. The molecule has 6 heteroatoms. The van der Waals surface area contributed by atoms with Crippen LogP contribution in [0, 0.1) is 5.41 Å². The third-order valence-corrected chi connectivity index (χ3v) is 10.4. The monoisotopic (exact) mass is 412 g/mol. The van der Waals surface area contributed by atoms with Crippen LogP contribution in [0.25, 0.3) is 0 Å². The Morgan fingerprint density at radius 1 is 0.964 bits per heavy atom. The Hall–Kier alpha value is -0.763. The maximum atomic E-state index is 11.2. The average Bonchev–Trinajstić information content (AvgIpc) is 2.62. The molecule has 0 aliphatic carbocycles. The molecule has 0 saturated carbocycles. The second kappa shape index (κ2) is 10.3. The first kappa shape index (κ1) is 25.3. The van der Waals surface area contributed by atoms with Gasteiger partial charge in [-0.2, -0.15) is 0 Å². The standard InChI is InChI=1S/C22H40O5Si/c1-21(2,3)28(8,9)27-16-18(26-15-17-13-11-10-12-14-17)19(23)22(4,5)20(24-6)25-7/h10-14,18-20,23H,15-16H2,1-9H3. The van der Waals surface area contributed by atoms with Gasteiger partial charge in [-0.15, -0.1) is 0 Å². The van der Waals surface area contributed by atoms with Crippen LogP contribution in [0.1, 0.15) is 40.2 Å². The van der Waals surface area contributed by atoms with E-state index in [-0.39, 0.29) is 5.04 Å². The van der Waals surface area contributed by atoms with Crippen molar-refractivity contribution in [3.05, 3.63) is 35.9 Å². The minimum absolute atomic E-state index is 0.0824. The minimum atomic E-state index is -1.98. The summed E-state index contributed by atoms with van der Waals surface area (Å²) in [4.78, 5) is 0. The zero-order valence-corrected chi connectivity index (χ0v) is 20.1. The highest BCUT2D eigenvalue weighted by Crippen LogP contribution is 2.37. The molecule has 0 aromatic heterocycles. The molecule has 1 aromatic carbocycles. The molecule has 0 fully saturated rings. The molecule has 2 unspecified atom stereocenters. The second-order valence-electron chi connectivity index (χ2n) is 9.48. The molecular weight excluding hydrogens is 372 g/mol. The molecule has 0 spiro atoms. The van der Waals surface area contributed by atoms with E-state index >= 15 is 0 Å². The Balaban J connectivity index is 2.99. The largest absolute Gasteiger partial charge is 0.414 e. The van der Waals surface area contributed by atoms with Crippen LogP contribution in [-0.4, -0.2) is 52.7 Å². The maximum Gasteiger partial charge on any atom is 0.192 e. The quantitative estimate of drug-likeness (QED) is 0.425.